The van der Waals surface area contributed by atoms with Gasteiger partial charge >= 0.3 is 0 Å². The van der Waals surface area contributed by atoms with Crippen LogP contribution in [0.1, 0.15) is 29.8 Å². The molecule has 3 N–H and O–H groups in total. The van der Waals surface area contributed by atoms with E-state index in [0.29, 0.717) is 49.1 Å². The lowest BCUT2D eigenvalue weighted by Crippen LogP contribution is -3.08. The molecule has 0 aliphatic heterocycles. The summed E-state index contributed by atoms with van der Waals surface area (Å²) in [5, 5.41) is 5.51. The summed E-state index contributed by atoms with van der Waals surface area (Å²) in [4.78, 5) is 25.1. The van der Waals surface area contributed by atoms with Gasteiger partial charge < -0.3 is 25.0 Å². The van der Waals surface area contributed by atoms with Crippen molar-refractivity contribution in [3.63, 3.8) is 0 Å². The minimum atomic E-state index is -0.113. The fourth-order valence-electron chi connectivity index (χ4n) is 2.94. The third-order valence-corrected chi connectivity index (χ3v) is 4.24. The molecular weight excluding hydrogens is 370 g/mol. The second-order valence-corrected chi connectivity index (χ2v) is 6.66. The number of anilines is 1. The van der Waals surface area contributed by atoms with Crippen LogP contribution in [0.5, 0.6) is 11.5 Å². The molecule has 0 aromatic heterocycles. The highest BCUT2D eigenvalue weighted by Gasteiger charge is 2.13. The van der Waals surface area contributed by atoms with Gasteiger partial charge in [-0.25, -0.2) is 0 Å². The Morgan fingerprint density at radius 2 is 1.62 bits per heavy atom. The van der Waals surface area contributed by atoms with Crippen molar-refractivity contribution in [2.75, 3.05) is 39.2 Å². The Morgan fingerprint density at radius 3 is 2.24 bits per heavy atom. The van der Waals surface area contributed by atoms with E-state index in [4.69, 9.17) is 9.47 Å². The van der Waals surface area contributed by atoms with Gasteiger partial charge in [-0.3, -0.25) is 9.59 Å². The quantitative estimate of drug-likeness (QED) is 0.565. The van der Waals surface area contributed by atoms with Crippen molar-refractivity contribution in [2.24, 2.45) is 0 Å². The van der Waals surface area contributed by atoms with E-state index in [1.54, 1.807) is 37.4 Å². The number of likely N-dealkylation sites (N-methyl/N-ethyl adjacent to an activating group) is 1. The van der Waals surface area contributed by atoms with Crippen molar-refractivity contribution < 1.29 is 24.0 Å². The number of amides is 2. The number of nitrogens with one attached hydrogen (secondary N) is 3. The molecule has 1 unspecified atom stereocenters. The first-order valence-corrected chi connectivity index (χ1v) is 9.78. The SMILES string of the molecule is CCOc1ccc(NC(=O)C[NH+](C)Cc2ccc(C(=O)NC)cc2)cc1OCC. The molecule has 0 fully saturated rings. The van der Waals surface area contributed by atoms with E-state index in [0.717, 1.165) is 10.5 Å². The van der Waals surface area contributed by atoms with E-state index in [-0.39, 0.29) is 11.8 Å². The summed E-state index contributed by atoms with van der Waals surface area (Å²) in [6, 6.07) is 12.8. The lowest BCUT2D eigenvalue weighted by Gasteiger charge is -2.15. The lowest BCUT2D eigenvalue weighted by atomic mass is 10.1. The molecule has 2 rings (SSSR count). The fourth-order valence-corrected chi connectivity index (χ4v) is 2.94. The number of hydrogen-bond acceptors (Lipinski definition) is 4. The molecule has 156 valence electrons. The third kappa shape index (κ3) is 6.80. The first-order chi connectivity index (χ1) is 14.0. The Morgan fingerprint density at radius 1 is 0.966 bits per heavy atom. The normalized spacial score (nSPS) is 11.4. The number of quaternary nitrogens is 1. The molecule has 29 heavy (non-hydrogen) atoms. The first kappa shape index (κ1) is 22.2. The molecule has 0 saturated heterocycles. The number of rotatable bonds is 10. The Balaban J connectivity index is 1.92. The highest BCUT2D eigenvalue weighted by molar-refractivity contribution is 5.94. The average molecular weight is 400 g/mol. The Kier molecular flexibility index (Phi) is 8.48. The summed E-state index contributed by atoms with van der Waals surface area (Å²) >= 11 is 0. The molecule has 0 bridgehead atoms. The summed E-state index contributed by atoms with van der Waals surface area (Å²) < 4.78 is 11.1. The van der Waals surface area contributed by atoms with Crippen molar-refractivity contribution in [3.05, 3.63) is 53.6 Å². The summed E-state index contributed by atoms with van der Waals surface area (Å²) in [6.45, 7) is 5.87. The van der Waals surface area contributed by atoms with Crippen molar-refractivity contribution in [1.29, 1.82) is 0 Å². The smallest absolute Gasteiger partial charge is 0.279 e. The zero-order valence-electron chi connectivity index (χ0n) is 17.5. The van der Waals surface area contributed by atoms with Gasteiger partial charge in [-0.05, 0) is 38.1 Å². The summed E-state index contributed by atoms with van der Waals surface area (Å²) in [5.74, 6) is 1.08. The molecule has 2 aromatic carbocycles. The van der Waals surface area contributed by atoms with Crippen molar-refractivity contribution in [2.45, 2.75) is 20.4 Å². The molecule has 7 nitrogen and oxygen atoms in total. The predicted molar refractivity (Wildman–Crippen MR) is 113 cm³/mol. The largest absolute Gasteiger partial charge is 0.490 e. The van der Waals surface area contributed by atoms with E-state index >= 15 is 0 Å². The average Bonchev–Trinajstić information content (AvgIpc) is 2.70. The van der Waals surface area contributed by atoms with Crippen molar-refractivity contribution in [1.82, 2.24) is 5.32 Å². The summed E-state index contributed by atoms with van der Waals surface area (Å²) in [7, 11) is 3.56. The zero-order chi connectivity index (χ0) is 21.2. The van der Waals surface area contributed by atoms with Crippen LogP contribution in [0.3, 0.4) is 0 Å². The Hall–Kier alpha value is -3.06. The minimum absolute atomic E-state index is 0.0870. The third-order valence-electron chi connectivity index (χ3n) is 4.24. The van der Waals surface area contributed by atoms with Gasteiger partial charge in [-0.15, -0.1) is 0 Å². The monoisotopic (exact) mass is 400 g/mol. The van der Waals surface area contributed by atoms with Crippen LogP contribution in [0, 0.1) is 0 Å². The van der Waals surface area contributed by atoms with Crippen LogP contribution in [0.2, 0.25) is 0 Å². The van der Waals surface area contributed by atoms with Crippen LogP contribution >= 0.6 is 0 Å². The van der Waals surface area contributed by atoms with E-state index in [1.165, 1.54) is 0 Å². The van der Waals surface area contributed by atoms with Crippen LogP contribution < -0.4 is 25.0 Å². The highest BCUT2D eigenvalue weighted by Crippen LogP contribution is 2.30. The number of hydrogen-bond donors (Lipinski definition) is 3. The maximum absolute atomic E-state index is 12.4. The van der Waals surface area contributed by atoms with Crippen LogP contribution in [0.4, 0.5) is 5.69 Å². The topological polar surface area (TPSA) is 81.1 Å². The van der Waals surface area contributed by atoms with E-state index in [9.17, 15) is 9.59 Å². The van der Waals surface area contributed by atoms with Crippen LogP contribution in [-0.2, 0) is 11.3 Å². The first-order valence-electron chi connectivity index (χ1n) is 9.78. The number of ether oxygens (including phenoxy) is 2. The molecule has 0 aliphatic rings. The van der Waals surface area contributed by atoms with Gasteiger partial charge in [-0.1, -0.05) is 12.1 Å². The van der Waals surface area contributed by atoms with Gasteiger partial charge in [0.05, 0.1) is 20.3 Å². The van der Waals surface area contributed by atoms with E-state index < -0.39 is 0 Å². The standard InChI is InChI=1S/C22H29N3O4/c1-5-28-19-12-11-18(13-20(19)29-6-2)24-21(26)15-25(4)14-16-7-9-17(10-8-16)22(27)23-3/h7-13H,5-6,14-15H2,1-4H3,(H,23,27)(H,24,26)/p+1. The van der Waals surface area contributed by atoms with Gasteiger partial charge in [0.1, 0.15) is 6.54 Å². The molecule has 2 aromatic rings. The molecule has 2 amide bonds. The number of benzene rings is 2. The maximum Gasteiger partial charge on any atom is 0.279 e. The van der Waals surface area contributed by atoms with Crippen molar-refractivity contribution >= 4 is 17.5 Å². The molecule has 0 radical (unpaired) electrons. The predicted octanol–water partition coefficient (Wildman–Crippen LogP) is 1.50. The van der Waals surface area contributed by atoms with Crippen LogP contribution in [-0.4, -0.2) is 45.7 Å². The second kappa shape index (κ2) is 11.1. The van der Waals surface area contributed by atoms with Gasteiger partial charge in [0, 0.05) is 29.9 Å². The number of carbonyl (C=O) groups is 2. The molecule has 1 atom stereocenters. The molecule has 0 aliphatic carbocycles. The minimum Gasteiger partial charge on any atom is -0.490 e. The summed E-state index contributed by atoms with van der Waals surface area (Å²) in [6.07, 6.45) is 0. The zero-order valence-corrected chi connectivity index (χ0v) is 17.5. The van der Waals surface area contributed by atoms with E-state index in [2.05, 4.69) is 10.6 Å². The molecule has 0 heterocycles. The van der Waals surface area contributed by atoms with Gasteiger partial charge in [0.15, 0.2) is 18.0 Å². The molecular formula is C22H30N3O4+. The fraction of sp³-hybridized carbons (Fsp3) is 0.364. The molecule has 7 heteroatoms. The van der Waals surface area contributed by atoms with Crippen molar-refractivity contribution in [3.8, 4) is 11.5 Å². The Labute approximate surface area is 172 Å². The van der Waals surface area contributed by atoms with Crippen LogP contribution in [0.15, 0.2) is 42.5 Å². The molecule has 0 spiro atoms. The highest BCUT2D eigenvalue weighted by atomic mass is 16.5. The Bertz CT molecular complexity index is 821. The second-order valence-electron chi connectivity index (χ2n) is 6.66. The van der Waals surface area contributed by atoms with Gasteiger partial charge in [0.25, 0.3) is 11.8 Å². The van der Waals surface area contributed by atoms with Crippen LogP contribution in [0.25, 0.3) is 0 Å². The van der Waals surface area contributed by atoms with Gasteiger partial charge in [-0.2, -0.15) is 0 Å². The summed E-state index contributed by atoms with van der Waals surface area (Å²) in [5.41, 5.74) is 2.35. The lowest BCUT2D eigenvalue weighted by molar-refractivity contribution is -0.885. The van der Waals surface area contributed by atoms with E-state index in [1.807, 2.05) is 33.0 Å². The maximum atomic E-state index is 12.4. The van der Waals surface area contributed by atoms with Gasteiger partial charge in [0.2, 0.25) is 0 Å². The molecule has 0 saturated carbocycles. The number of carbonyl (C=O) groups excluding carboxylic acids is 2.